The number of aliphatic hydroxyl groups excluding tert-OH is 1. The first-order valence-corrected chi connectivity index (χ1v) is 6.18. The van der Waals surface area contributed by atoms with Crippen molar-refractivity contribution in [3.05, 3.63) is 11.9 Å². The molecule has 0 bridgehead atoms. The van der Waals surface area contributed by atoms with Gasteiger partial charge in [0.2, 0.25) is 0 Å². The molecule has 1 rings (SSSR count). The van der Waals surface area contributed by atoms with Crippen molar-refractivity contribution in [3.8, 4) is 0 Å². The zero-order chi connectivity index (χ0) is 12.7. The molecule has 0 radical (unpaired) electrons. The van der Waals surface area contributed by atoms with E-state index in [1.165, 1.54) is 0 Å². The fraction of sp³-hybridized carbons (Fsp3) is 0.667. The Kier molecular flexibility index (Phi) is 5.69. The number of aryl methyl sites for hydroxylation is 1. The van der Waals surface area contributed by atoms with E-state index in [-0.39, 0.29) is 12.6 Å². The lowest BCUT2D eigenvalue weighted by molar-refractivity contribution is 0.282. The lowest BCUT2D eigenvalue weighted by Gasteiger charge is -2.14. The van der Waals surface area contributed by atoms with E-state index >= 15 is 0 Å². The van der Waals surface area contributed by atoms with E-state index in [2.05, 4.69) is 20.6 Å². The maximum absolute atomic E-state index is 8.87. The average molecular weight is 238 g/mol. The summed E-state index contributed by atoms with van der Waals surface area (Å²) in [4.78, 5) is 8.80. The van der Waals surface area contributed by atoms with E-state index in [0.717, 1.165) is 30.4 Å². The van der Waals surface area contributed by atoms with E-state index in [1.807, 2.05) is 26.8 Å². The largest absolute Gasteiger partial charge is 0.396 e. The Morgan fingerprint density at radius 2 is 2.00 bits per heavy atom. The van der Waals surface area contributed by atoms with E-state index in [4.69, 9.17) is 5.11 Å². The summed E-state index contributed by atoms with van der Waals surface area (Å²) >= 11 is 0. The van der Waals surface area contributed by atoms with E-state index in [0.29, 0.717) is 6.42 Å². The van der Waals surface area contributed by atoms with Gasteiger partial charge in [0.25, 0.3) is 0 Å². The zero-order valence-electron chi connectivity index (χ0n) is 10.8. The van der Waals surface area contributed by atoms with Crippen molar-refractivity contribution in [1.29, 1.82) is 0 Å². The normalized spacial score (nSPS) is 12.2. The predicted molar refractivity (Wildman–Crippen MR) is 70.4 cm³/mol. The first kappa shape index (κ1) is 13.7. The first-order chi connectivity index (χ1) is 8.19. The highest BCUT2D eigenvalue weighted by atomic mass is 16.3. The average Bonchev–Trinajstić information content (AvgIpc) is 2.29. The molecule has 1 atom stereocenters. The van der Waals surface area contributed by atoms with Gasteiger partial charge in [0, 0.05) is 31.7 Å². The smallest absolute Gasteiger partial charge is 0.132 e. The Hall–Kier alpha value is -1.36. The molecule has 0 spiro atoms. The maximum Gasteiger partial charge on any atom is 0.132 e. The Labute approximate surface area is 103 Å². The predicted octanol–water partition coefficient (Wildman–Crippen LogP) is 1.65. The third-order valence-electron chi connectivity index (χ3n) is 2.40. The van der Waals surface area contributed by atoms with E-state index in [1.54, 1.807) is 0 Å². The molecule has 5 nitrogen and oxygen atoms in total. The molecule has 0 aliphatic carbocycles. The van der Waals surface area contributed by atoms with Crippen LogP contribution in [0.1, 0.15) is 33.0 Å². The second kappa shape index (κ2) is 7.06. The van der Waals surface area contributed by atoms with Gasteiger partial charge in [-0.2, -0.15) is 0 Å². The molecule has 0 aromatic carbocycles. The Bertz CT molecular complexity index is 343. The van der Waals surface area contributed by atoms with Crippen LogP contribution < -0.4 is 10.6 Å². The molecule has 0 aliphatic rings. The third-order valence-corrected chi connectivity index (χ3v) is 2.40. The summed E-state index contributed by atoms with van der Waals surface area (Å²) < 4.78 is 0. The molecular weight excluding hydrogens is 216 g/mol. The van der Waals surface area contributed by atoms with Gasteiger partial charge in [-0.25, -0.2) is 9.97 Å². The van der Waals surface area contributed by atoms with Crippen molar-refractivity contribution in [2.75, 3.05) is 23.8 Å². The summed E-state index contributed by atoms with van der Waals surface area (Å²) in [6.07, 6.45) is 1.52. The summed E-state index contributed by atoms with van der Waals surface area (Å²) in [5.41, 5.74) is 0. The SMILES string of the molecule is CCNc1cc(NC(C)CCO)nc(CC)n1. The van der Waals surface area contributed by atoms with Crippen molar-refractivity contribution >= 4 is 11.6 Å². The van der Waals surface area contributed by atoms with Gasteiger partial charge in [-0.05, 0) is 20.3 Å². The molecule has 3 N–H and O–H groups in total. The number of aliphatic hydroxyl groups is 1. The van der Waals surface area contributed by atoms with Crippen LogP contribution in [0.4, 0.5) is 11.6 Å². The molecular formula is C12H22N4O. The van der Waals surface area contributed by atoms with Crippen LogP contribution in [0.2, 0.25) is 0 Å². The van der Waals surface area contributed by atoms with Gasteiger partial charge < -0.3 is 15.7 Å². The summed E-state index contributed by atoms with van der Waals surface area (Å²) in [6.45, 7) is 7.11. The molecule has 17 heavy (non-hydrogen) atoms. The van der Waals surface area contributed by atoms with Gasteiger partial charge in [0.05, 0.1) is 0 Å². The molecule has 1 heterocycles. The van der Waals surface area contributed by atoms with Crippen molar-refractivity contribution in [2.24, 2.45) is 0 Å². The summed E-state index contributed by atoms with van der Waals surface area (Å²) in [6, 6.07) is 2.10. The quantitative estimate of drug-likeness (QED) is 0.674. The van der Waals surface area contributed by atoms with Crippen LogP contribution in [-0.2, 0) is 6.42 Å². The van der Waals surface area contributed by atoms with E-state index in [9.17, 15) is 0 Å². The summed E-state index contributed by atoms with van der Waals surface area (Å²) in [5, 5.41) is 15.3. The fourth-order valence-electron chi connectivity index (χ4n) is 1.52. The lowest BCUT2D eigenvalue weighted by atomic mass is 10.2. The van der Waals surface area contributed by atoms with Crippen molar-refractivity contribution in [1.82, 2.24) is 9.97 Å². The minimum absolute atomic E-state index is 0.181. The fourth-order valence-corrected chi connectivity index (χ4v) is 1.52. The standard InChI is InChI=1S/C12H22N4O/c1-4-10-15-11(13-5-2)8-12(16-10)14-9(3)6-7-17/h8-9,17H,4-7H2,1-3H3,(H2,13,14,15,16). The summed E-state index contributed by atoms with van der Waals surface area (Å²) in [5.74, 6) is 2.48. The number of nitrogens with one attached hydrogen (secondary N) is 2. The van der Waals surface area contributed by atoms with Crippen LogP contribution in [0, 0.1) is 0 Å². The molecule has 1 aromatic rings. The Morgan fingerprint density at radius 1 is 1.29 bits per heavy atom. The number of nitrogens with zero attached hydrogens (tertiary/aromatic N) is 2. The van der Waals surface area contributed by atoms with Crippen molar-refractivity contribution in [3.63, 3.8) is 0 Å². The summed E-state index contributed by atoms with van der Waals surface area (Å²) in [7, 11) is 0. The second-order valence-corrected chi connectivity index (χ2v) is 4.00. The van der Waals surface area contributed by atoms with Crippen LogP contribution in [0.25, 0.3) is 0 Å². The van der Waals surface area contributed by atoms with Crippen LogP contribution >= 0.6 is 0 Å². The van der Waals surface area contributed by atoms with Gasteiger partial charge in [-0.1, -0.05) is 6.92 Å². The van der Waals surface area contributed by atoms with Gasteiger partial charge >= 0.3 is 0 Å². The number of rotatable bonds is 7. The molecule has 1 unspecified atom stereocenters. The Balaban J connectivity index is 2.79. The lowest BCUT2D eigenvalue weighted by Crippen LogP contribution is -2.18. The van der Waals surface area contributed by atoms with Gasteiger partial charge in [0.1, 0.15) is 17.5 Å². The van der Waals surface area contributed by atoms with Crippen LogP contribution in [0.5, 0.6) is 0 Å². The maximum atomic E-state index is 8.87. The highest BCUT2D eigenvalue weighted by Gasteiger charge is 2.06. The highest BCUT2D eigenvalue weighted by molar-refractivity contribution is 5.48. The molecule has 96 valence electrons. The third kappa shape index (κ3) is 4.56. The molecule has 0 saturated carbocycles. The monoisotopic (exact) mass is 238 g/mol. The van der Waals surface area contributed by atoms with Crippen LogP contribution in [-0.4, -0.2) is 34.3 Å². The van der Waals surface area contributed by atoms with Gasteiger partial charge in [-0.15, -0.1) is 0 Å². The minimum Gasteiger partial charge on any atom is -0.396 e. The number of hydrogen-bond acceptors (Lipinski definition) is 5. The van der Waals surface area contributed by atoms with Crippen LogP contribution in [0.3, 0.4) is 0 Å². The molecule has 0 aliphatic heterocycles. The molecule has 1 aromatic heterocycles. The van der Waals surface area contributed by atoms with Gasteiger partial charge in [-0.3, -0.25) is 0 Å². The van der Waals surface area contributed by atoms with Crippen molar-refractivity contribution < 1.29 is 5.11 Å². The number of aromatic nitrogens is 2. The topological polar surface area (TPSA) is 70.1 Å². The van der Waals surface area contributed by atoms with Gasteiger partial charge in [0.15, 0.2) is 0 Å². The zero-order valence-corrected chi connectivity index (χ0v) is 10.8. The van der Waals surface area contributed by atoms with E-state index < -0.39 is 0 Å². The molecule has 0 saturated heterocycles. The van der Waals surface area contributed by atoms with Crippen LogP contribution in [0.15, 0.2) is 6.07 Å². The minimum atomic E-state index is 0.181. The molecule has 0 fully saturated rings. The number of hydrogen-bond donors (Lipinski definition) is 3. The number of anilines is 2. The first-order valence-electron chi connectivity index (χ1n) is 6.18. The Morgan fingerprint density at radius 3 is 2.59 bits per heavy atom. The van der Waals surface area contributed by atoms with Crippen molar-refractivity contribution in [2.45, 2.75) is 39.7 Å². The molecule has 5 heteroatoms. The highest BCUT2D eigenvalue weighted by Crippen LogP contribution is 2.13. The molecule has 0 amide bonds. The second-order valence-electron chi connectivity index (χ2n) is 4.00.